The molecule has 1 saturated heterocycles. The summed E-state index contributed by atoms with van der Waals surface area (Å²) < 4.78 is 14.9. The number of aliphatic hydroxyl groups excluding tert-OH is 1. The van der Waals surface area contributed by atoms with Crippen LogP contribution in [0.1, 0.15) is 23.9 Å². The second kappa shape index (κ2) is 5.75. The molecule has 2 heterocycles. The molecule has 0 saturated carbocycles. The van der Waals surface area contributed by atoms with Crippen LogP contribution in [0.5, 0.6) is 0 Å². The molecule has 0 unspecified atom stereocenters. The average molecular weight is 310 g/mol. The van der Waals surface area contributed by atoms with Crippen molar-refractivity contribution in [2.24, 2.45) is 7.05 Å². The monoisotopic (exact) mass is 309 g/mol. The molecule has 0 aliphatic carbocycles. The Morgan fingerprint density at radius 1 is 1.38 bits per heavy atom. The zero-order valence-corrected chi connectivity index (χ0v) is 12.5. The number of rotatable bonds is 3. The first kappa shape index (κ1) is 14.5. The molecule has 1 aliphatic rings. The predicted molar refractivity (Wildman–Crippen MR) is 78.4 cm³/mol. The largest absolute Gasteiger partial charge is 0.392 e. The Balaban J connectivity index is 1.82. The minimum Gasteiger partial charge on any atom is -0.392 e. The van der Waals surface area contributed by atoms with E-state index in [1.807, 2.05) is 11.6 Å². The molecule has 2 aromatic rings. The molecule has 3 rings (SSSR count). The fraction of sp³-hybridized carbons (Fsp3) is 0.400. The van der Waals surface area contributed by atoms with Gasteiger partial charge in [0.1, 0.15) is 16.8 Å². The molecule has 4 nitrogen and oxygen atoms in total. The number of imidazole rings is 1. The molecule has 0 amide bonds. The van der Waals surface area contributed by atoms with Gasteiger partial charge in [0.15, 0.2) is 0 Å². The van der Waals surface area contributed by atoms with Gasteiger partial charge in [-0.25, -0.2) is 9.37 Å². The maximum atomic E-state index is 13.1. The van der Waals surface area contributed by atoms with E-state index < -0.39 is 0 Å². The normalized spacial score (nSPS) is 22.9. The molecular weight excluding hydrogens is 293 g/mol. The van der Waals surface area contributed by atoms with Gasteiger partial charge in [-0.2, -0.15) is 0 Å². The van der Waals surface area contributed by atoms with Crippen molar-refractivity contribution in [3.63, 3.8) is 0 Å². The molecule has 21 heavy (non-hydrogen) atoms. The van der Waals surface area contributed by atoms with E-state index in [0.29, 0.717) is 24.7 Å². The molecule has 112 valence electrons. The first-order valence-electron chi connectivity index (χ1n) is 6.88. The fourth-order valence-electron chi connectivity index (χ4n) is 2.84. The van der Waals surface area contributed by atoms with E-state index >= 15 is 0 Å². The third-order valence-electron chi connectivity index (χ3n) is 4.01. The smallest absolute Gasteiger partial charge is 0.128 e. The zero-order valence-electron chi connectivity index (χ0n) is 11.7. The van der Waals surface area contributed by atoms with Gasteiger partial charge in [0.2, 0.25) is 0 Å². The van der Waals surface area contributed by atoms with Gasteiger partial charge in [-0.05, 0) is 24.1 Å². The standard InChI is InChI=1S/C15H17ClFN3O/c1-19-14(16)7-18-15(19)9-20-8-12(21)6-13(20)10-2-4-11(17)5-3-10/h2-5,7,12-13,21H,6,8-9H2,1H3/t12-,13+/m1/s1. The number of aliphatic hydroxyl groups is 1. The van der Waals surface area contributed by atoms with Gasteiger partial charge >= 0.3 is 0 Å². The van der Waals surface area contributed by atoms with Crippen LogP contribution in [0.4, 0.5) is 4.39 Å². The molecule has 1 fully saturated rings. The number of β-amino-alcohol motifs (C(OH)–C–C–N with tert-alkyl or cyclic N) is 1. The van der Waals surface area contributed by atoms with Gasteiger partial charge in [0.25, 0.3) is 0 Å². The summed E-state index contributed by atoms with van der Waals surface area (Å²) >= 11 is 6.01. The Labute approximate surface area is 127 Å². The van der Waals surface area contributed by atoms with Crippen molar-refractivity contribution in [1.29, 1.82) is 0 Å². The van der Waals surface area contributed by atoms with Crippen molar-refractivity contribution in [2.45, 2.75) is 25.1 Å². The average Bonchev–Trinajstić information content (AvgIpc) is 2.97. The quantitative estimate of drug-likeness (QED) is 0.947. The van der Waals surface area contributed by atoms with E-state index in [1.165, 1.54) is 12.1 Å². The molecule has 1 aromatic carbocycles. The second-order valence-electron chi connectivity index (χ2n) is 5.44. The molecule has 1 aromatic heterocycles. The van der Waals surface area contributed by atoms with Gasteiger partial charge in [-0.15, -0.1) is 0 Å². The van der Waals surface area contributed by atoms with Gasteiger partial charge in [0, 0.05) is 19.6 Å². The summed E-state index contributed by atoms with van der Waals surface area (Å²) in [5.74, 6) is 0.598. The van der Waals surface area contributed by atoms with Crippen LogP contribution in [0.25, 0.3) is 0 Å². The molecule has 0 radical (unpaired) electrons. The number of aromatic nitrogens is 2. The first-order valence-corrected chi connectivity index (χ1v) is 7.26. The third-order valence-corrected chi connectivity index (χ3v) is 4.36. The molecular formula is C15H17ClFN3O. The van der Waals surface area contributed by atoms with Crippen molar-refractivity contribution in [3.05, 3.63) is 52.8 Å². The van der Waals surface area contributed by atoms with E-state index in [1.54, 1.807) is 18.3 Å². The Hall–Kier alpha value is -1.43. The number of halogens is 2. The summed E-state index contributed by atoms with van der Waals surface area (Å²) in [5.41, 5.74) is 1.01. The summed E-state index contributed by atoms with van der Waals surface area (Å²) in [6.07, 6.45) is 1.89. The Morgan fingerprint density at radius 2 is 2.10 bits per heavy atom. The molecule has 2 atom stereocenters. The second-order valence-corrected chi connectivity index (χ2v) is 5.83. The minimum atomic E-state index is -0.379. The van der Waals surface area contributed by atoms with Crippen LogP contribution in [-0.4, -0.2) is 32.2 Å². The summed E-state index contributed by atoms with van der Waals surface area (Å²) in [4.78, 5) is 6.44. The SMILES string of the molecule is Cn1c(Cl)cnc1CN1C[C@H](O)C[C@H]1c1ccc(F)cc1. The van der Waals surface area contributed by atoms with E-state index in [2.05, 4.69) is 9.88 Å². The lowest BCUT2D eigenvalue weighted by Crippen LogP contribution is -2.25. The lowest BCUT2D eigenvalue weighted by atomic mass is 10.0. The molecule has 0 bridgehead atoms. The highest BCUT2D eigenvalue weighted by Crippen LogP contribution is 2.33. The van der Waals surface area contributed by atoms with E-state index in [9.17, 15) is 9.50 Å². The zero-order chi connectivity index (χ0) is 15.0. The first-order chi connectivity index (χ1) is 10.0. The van der Waals surface area contributed by atoms with Crippen LogP contribution in [0, 0.1) is 5.82 Å². The van der Waals surface area contributed by atoms with Crippen LogP contribution >= 0.6 is 11.6 Å². The maximum absolute atomic E-state index is 13.1. The number of likely N-dealkylation sites (tertiary alicyclic amines) is 1. The van der Waals surface area contributed by atoms with Crippen LogP contribution in [0.2, 0.25) is 5.15 Å². The van der Waals surface area contributed by atoms with Crippen LogP contribution < -0.4 is 0 Å². The van der Waals surface area contributed by atoms with Crippen molar-refractivity contribution in [2.75, 3.05) is 6.54 Å². The summed E-state index contributed by atoms with van der Waals surface area (Å²) in [6, 6.07) is 6.52. The summed E-state index contributed by atoms with van der Waals surface area (Å²) in [7, 11) is 1.87. The number of benzene rings is 1. The van der Waals surface area contributed by atoms with Gasteiger partial charge in [-0.1, -0.05) is 23.7 Å². The Morgan fingerprint density at radius 3 is 2.71 bits per heavy atom. The number of nitrogens with zero attached hydrogens (tertiary/aromatic N) is 3. The Kier molecular flexibility index (Phi) is 3.97. The predicted octanol–water partition coefficient (Wildman–Crippen LogP) is 2.52. The topological polar surface area (TPSA) is 41.3 Å². The van der Waals surface area contributed by atoms with Crippen LogP contribution in [0.15, 0.2) is 30.5 Å². The van der Waals surface area contributed by atoms with E-state index in [0.717, 1.165) is 11.4 Å². The number of hydrogen-bond donors (Lipinski definition) is 1. The van der Waals surface area contributed by atoms with Crippen molar-refractivity contribution in [3.8, 4) is 0 Å². The van der Waals surface area contributed by atoms with Gasteiger partial charge in [-0.3, -0.25) is 4.90 Å². The molecule has 1 aliphatic heterocycles. The highest BCUT2D eigenvalue weighted by atomic mass is 35.5. The minimum absolute atomic E-state index is 0.0658. The fourth-order valence-corrected chi connectivity index (χ4v) is 2.98. The van der Waals surface area contributed by atoms with Gasteiger partial charge < -0.3 is 9.67 Å². The highest BCUT2D eigenvalue weighted by molar-refractivity contribution is 6.29. The van der Waals surface area contributed by atoms with Crippen LogP contribution in [-0.2, 0) is 13.6 Å². The third kappa shape index (κ3) is 2.95. The molecule has 1 N–H and O–H groups in total. The lowest BCUT2D eigenvalue weighted by Gasteiger charge is -2.24. The van der Waals surface area contributed by atoms with Crippen molar-refractivity contribution < 1.29 is 9.50 Å². The summed E-state index contributed by atoms with van der Waals surface area (Å²) in [5, 5.41) is 10.6. The molecule has 0 spiro atoms. The lowest BCUT2D eigenvalue weighted by molar-refractivity contribution is 0.171. The molecule has 6 heteroatoms. The Bertz CT molecular complexity index is 628. The van der Waals surface area contributed by atoms with Crippen LogP contribution in [0.3, 0.4) is 0 Å². The van der Waals surface area contributed by atoms with Crippen molar-refractivity contribution >= 4 is 11.6 Å². The van der Waals surface area contributed by atoms with E-state index in [4.69, 9.17) is 11.6 Å². The van der Waals surface area contributed by atoms with E-state index in [-0.39, 0.29) is 18.0 Å². The van der Waals surface area contributed by atoms with Crippen molar-refractivity contribution in [1.82, 2.24) is 14.5 Å². The summed E-state index contributed by atoms with van der Waals surface area (Å²) in [6.45, 7) is 1.18. The highest BCUT2D eigenvalue weighted by Gasteiger charge is 2.32. The number of hydrogen-bond acceptors (Lipinski definition) is 3. The van der Waals surface area contributed by atoms with Gasteiger partial charge in [0.05, 0.1) is 18.8 Å². The maximum Gasteiger partial charge on any atom is 0.128 e.